The van der Waals surface area contributed by atoms with Gasteiger partial charge in [-0.15, -0.1) is 6.58 Å². The molecule has 0 aromatic heterocycles. The number of hydrogen-bond donors (Lipinski definition) is 1. The third-order valence-electron chi connectivity index (χ3n) is 3.54. The fraction of sp³-hybridized carbons (Fsp3) is 0.333. The van der Waals surface area contributed by atoms with Crippen molar-refractivity contribution in [2.45, 2.75) is 19.3 Å². The quantitative estimate of drug-likeness (QED) is 0.841. The molecule has 0 atom stereocenters. The molecule has 1 aromatic carbocycles. The number of carbonyl (C=O) groups is 2. The van der Waals surface area contributed by atoms with Gasteiger partial charge in [0.1, 0.15) is 0 Å². The molecule has 0 spiro atoms. The molecule has 4 nitrogen and oxygen atoms in total. The van der Waals surface area contributed by atoms with Gasteiger partial charge in [-0.3, -0.25) is 9.59 Å². The zero-order valence-corrected chi connectivity index (χ0v) is 11.5. The second-order valence-electron chi connectivity index (χ2n) is 5.22. The Morgan fingerprint density at radius 2 is 2.16 bits per heavy atom. The van der Waals surface area contributed by atoms with Crippen molar-refractivity contribution < 1.29 is 9.59 Å². The summed E-state index contributed by atoms with van der Waals surface area (Å²) in [6.45, 7) is 7.75. The highest BCUT2D eigenvalue weighted by molar-refractivity contribution is 6.08. The Labute approximate surface area is 113 Å². The zero-order valence-electron chi connectivity index (χ0n) is 11.5. The van der Waals surface area contributed by atoms with E-state index >= 15 is 0 Å². The van der Waals surface area contributed by atoms with Crippen molar-refractivity contribution in [1.29, 1.82) is 0 Å². The molecule has 0 aliphatic carbocycles. The molecule has 1 heterocycles. The SMILES string of the molecule is C=CCNC(=O)c1ccc2c(c1)C(C)(C)C(=O)N2C. The van der Waals surface area contributed by atoms with Gasteiger partial charge in [0, 0.05) is 24.8 Å². The molecule has 0 unspecified atom stereocenters. The molecule has 2 amide bonds. The molecule has 19 heavy (non-hydrogen) atoms. The second-order valence-corrected chi connectivity index (χ2v) is 5.22. The van der Waals surface area contributed by atoms with Gasteiger partial charge in [0.25, 0.3) is 5.91 Å². The van der Waals surface area contributed by atoms with Crippen LogP contribution in [0.2, 0.25) is 0 Å². The van der Waals surface area contributed by atoms with Crippen LogP contribution in [0, 0.1) is 0 Å². The third kappa shape index (κ3) is 2.03. The van der Waals surface area contributed by atoms with E-state index in [4.69, 9.17) is 0 Å². The average Bonchev–Trinajstić information content (AvgIpc) is 2.57. The number of likely N-dealkylation sites (N-methyl/N-ethyl adjacent to an activating group) is 1. The van der Waals surface area contributed by atoms with Crippen molar-refractivity contribution in [3.63, 3.8) is 0 Å². The molecule has 1 aliphatic heterocycles. The zero-order chi connectivity index (χ0) is 14.2. The smallest absolute Gasteiger partial charge is 0.251 e. The minimum absolute atomic E-state index is 0.0474. The highest BCUT2D eigenvalue weighted by Crippen LogP contribution is 2.40. The van der Waals surface area contributed by atoms with Crippen molar-refractivity contribution in [3.05, 3.63) is 42.0 Å². The van der Waals surface area contributed by atoms with Gasteiger partial charge in [-0.1, -0.05) is 6.08 Å². The topological polar surface area (TPSA) is 49.4 Å². The first-order valence-corrected chi connectivity index (χ1v) is 6.21. The maximum absolute atomic E-state index is 12.1. The number of hydrogen-bond acceptors (Lipinski definition) is 2. The van der Waals surface area contributed by atoms with Gasteiger partial charge in [0.2, 0.25) is 5.91 Å². The molecule has 2 rings (SSSR count). The van der Waals surface area contributed by atoms with Gasteiger partial charge < -0.3 is 10.2 Å². The van der Waals surface area contributed by atoms with E-state index in [9.17, 15) is 9.59 Å². The summed E-state index contributed by atoms with van der Waals surface area (Å²) in [6.07, 6.45) is 1.63. The van der Waals surface area contributed by atoms with Gasteiger partial charge in [0.05, 0.1) is 5.41 Å². The summed E-state index contributed by atoms with van der Waals surface area (Å²) in [5, 5.41) is 2.73. The fourth-order valence-corrected chi connectivity index (χ4v) is 2.38. The van der Waals surface area contributed by atoms with Crippen LogP contribution in [-0.4, -0.2) is 25.4 Å². The first-order chi connectivity index (χ1) is 8.89. The number of fused-ring (bicyclic) bond motifs is 1. The largest absolute Gasteiger partial charge is 0.349 e. The first kappa shape index (κ1) is 13.3. The Morgan fingerprint density at radius 3 is 2.79 bits per heavy atom. The standard InChI is InChI=1S/C15H18N2O2/c1-5-8-16-13(18)10-6-7-12-11(9-10)15(2,3)14(19)17(12)4/h5-7,9H,1,8H2,2-4H3,(H,16,18). The summed E-state index contributed by atoms with van der Waals surface area (Å²) >= 11 is 0. The molecule has 0 saturated carbocycles. The first-order valence-electron chi connectivity index (χ1n) is 6.21. The minimum Gasteiger partial charge on any atom is -0.349 e. The lowest BCUT2D eigenvalue weighted by atomic mass is 9.85. The van der Waals surface area contributed by atoms with Crippen molar-refractivity contribution in [2.24, 2.45) is 0 Å². The molecule has 0 bridgehead atoms. The molecule has 0 radical (unpaired) electrons. The monoisotopic (exact) mass is 258 g/mol. The molecular formula is C15H18N2O2. The van der Waals surface area contributed by atoms with Gasteiger partial charge in [-0.05, 0) is 37.6 Å². The van der Waals surface area contributed by atoms with E-state index in [-0.39, 0.29) is 11.8 Å². The summed E-state index contributed by atoms with van der Waals surface area (Å²) in [4.78, 5) is 25.7. The highest BCUT2D eigenvalue weighted by Gasteiger charge is 2.42. The van der Waals surface area contributed by atoms with Crippen LogP contribution in [0.15, 0.2) is 30.9 Å². The summed E-state index contributed by atoms with van der Waals surface area (Å²) in [5.41, 5.74) is 1.75. The fourth-order valence-electron chi connectivity index (χ4n) is 2.38. The van der Waals surface area contributed by atoms with Crippen LogP contribution in [0.4, 0.5) is 5.69 Å². The van der Waals surface area contributed by atoms with Crippen LogP contribution in [0.3, 0.4) is 0 Å². The predicted octanol–water partition coefficient (Wildman–Crippen LogP) is 1.86. The number of nitrogens with one attached hydrogen (secondary N) is 1. The number of benzene rings is 1. The number of amides is 2. The van der Waals surface area contributed by atoms with E-state index in [0.717, 1.165) is 11.3 Å². The van der Waals surface area contributed by atoms with Crippen LogP contribution in [0.5, 0.6) is 0 Å². The number of nitrogens with zero attached hydrogens (tertiary/aromatic N) is 1. The molecular weight excluding hydrogens is 240 g/mol. The molecule has 1 aromatic rings. The van der Waals surface area contributed by atoms with Gasteiger partial charge >= 0.3 is 0 Å². The summed E-state index contributed by atoms with van der Waals surface area (Å²) in [6, 6.07) is 5.36. The van der Waals surface area contributed by atoms with Crippen molar-refractivity contribution in [1.82, 2.24) is 5.32 Å². The predicted molar refractivity (Wildman–Crippen MR) is 75.4 cm³/mol. The maximum atomic E-state index is 12.1. The lowest BCUT2D eigenvalue weighted by molar-refractivity contribution is -0.121. The van der Waals surface area contributed by atoms with Crippen LogP contribution in [0.25, 0.3) is 0 Å². The summed E-state index contributed by atoms with van der Waals surface area (Å²) in [5.74, 6) is -0.105. The molecule has 1 N–H and O–H groups in total. The number of anilines is 1. The van der Waals surface area contributed by atoms with Crippen LogP contribution >= 0.6 is 0 Å². The molecule has 100 valence electrons. The van der Waals surface area contributed by atoms with E-state index in [2.05, 4.69) is 11.9 Å². The van der Waals surface area contributed by atoms with Crippen molar-refractivity contribution in [2.75, 3.05) is 18.5 Å². The summed E-state index contributed by atoms with van der Waals surface area (Å²) < 4.78 is 0. The lowest BCUT2D eigenvalue weighted by Crippen LogP contribution is -2.33. The Bertz CT molecular complexity index is 561. The van der Waals surface area contributed by atoms with E-state index in [1.807, 2.05) is 19.9 Å². The van der Waals surface area contributed by atoms with Crippen molar-refractivity contribution >= 4 is 17.5 Å². The summed E-state index contributed by atoms with van der Waals surface area (Å²) in [7, 11) is 1.76. The Balaban J connectivity index is 2.40. The molecule has 0 fully saturated rings. The molecule has 0 saturated heterocycles. The van der Waals surface area contributed by atoms with Gasteiger partial charge in [-0.25, -0.2) is 0 Å². The normalized spacial score (nSPS) is 16.2. The average molecular weight is 258 g/mol. The Morgan fingerprint density at radius 1 is 1.47 bits per heavy atom. The second kappa shape index (κ2) is 4.53. The van der Waals surface area contributed by atoms with E-state index in [1.54, 1.807) is 30.2 Å². The Kier molecular flexibility index (Phi) is 3.18. The van der Waals surface area contributed by atoms with Gasteiger partial charge in [-0.2, -0.15) is 0 Å². The van der Waals surface area contributed by atoms with E-state index in [0.29, 0.717) is 12.1 Å². The lowest BCUT2D eigenvalue weighted by Gasteiger charge is -2.16. The van der Waals surface area contributed by atoms with Crippen LogP contribution in [0.1, 0.15) is 29.8 Å². The maximum Gasteiger partial charge on any atom is 0.251 e. The minimum atomic E-state index is -0.585. The van der Waals surface area contributed by atoms with E-state index in [1.165, 1.54) is 0 Å². The van der Waals surface area contributed by atoms with Crippen LogP contribution < -0.4 is 10.2 Å². The van der Waals surface area contributed by atoms with Crippen LogP contribution in [-0.2, 0) is 10.2 Å². The van der Waals surface area contributed by atoms with E-state index < -0.39 is 5.41 Å². The Hall–Kier alpha value is -2.10. The number of rotatable bonds is 3. The van der Waals surface area contributed by atoms with Crippen molar-refractivity contribution in [3.8, 4) is 0 Å². The van der Waals surface area contributed by atoms with Gasteiger partial charge in [0.15, 0.2) is 0 Å². The number of carbonyl (C=O) groups excluding carboxylic acids is 2. The third-order valence-corrected chi connectivity index (χ3v) is 3.54. The molecule has 4 heteroatoms. The highest BCUT2D eigenvalue weighted by atomic mass is 16.2. The molecule has 1 aliphatic rings.